The molecule has 0 bridgehead atoms. The molecular weight excluding hydrogens is 378 g/mol. The Kier molecular flexibility index (Phi) is 7.85. The molecule has 0 atom stereocenters. The topological polar surface area (TPSA) is 72.0 Å². The highest BCUT2D eigenvalue weighted by Gasteiger charge is 2.07. The summed E-state index contributed by atoms with van der Waals surface area (Å²) in [5.41, 5.74) is 5.26. The number of ether oxygens (including phenoxy) is 2. The molecule has 0 aliphatic carbocycles. The van der Waals surface area contributed by atoms with Crippen LogP contribution in [-0.4, -0.2) is 25.3 Å². The number of hydrazone groups is 1. The first-order valence-corrected chi connectivity index (χ1v) is 9.79. The second-order valence-corrected chi connectivity index (χ2v) is 6.43. The minimum absolute atomic E-state index is 0.137. The van der Waals surface area contributed by atoms with Crippen molar-refractivity contribution in [3.05, 3.63) is 90.0 Å². The van der Waals surface area contributed by atoms with E-state index in [-0.39, 0.29) is 12.5 Å². The number of benzene rings is 3. The summed E-state index contributed by atoms with van der Waals surface area (Å²) in [4.78, 5) is 11.9. The Morgan fingerprint density at radius 1 is 0.933 bits per heavy atom. The molecule has 0 saturated heterocycles. The molecule has 0 heterocycles. The van der Waals surface area contributed by atoms with Gasteiger partial charge < -0.3 is 14.8 Å². The van der Waals surface area contributed by atoms with E-state index in [4.69, 9.17) is 9.47 Å². The van der Waals surface area contributed by atoms with Gasteiger partial charge in [0.25, 0.3) is 5.91 Å². The Labute approximate surface area is 176 Å². The molecule has 0 spiro atoms. The molecule has 6 nitrogen and oxygen atoms in total. The Morgan fingerprint density at radius 3 is 2.40 bits per heavy atom. The number of hydrogen-bond acceptors (Lipinski definition) is 5. The molecule has 0 aliphatic heterocycles. The van der Waals surface area contributed by atoms with E-state index in [1.807, 2.05) is 85.8 Å². The maximum Gasteiger partial charge on any atom is 0.259 e. The van der Waals surface area contributed by atoms with Crippen LogP contribution in [0.3, 0.4) is 0 Å². The van der Waals surface area contributed by atoms with E-state index in [9.17, 15) is 4.79 Å². The third kappa shape index (κ3) is 6.67. The first kappa shape index (κ1) is 20.9. The summed E-state index contributed by atoms with van der Waals surface area (Å²) in [5.74, 6) is 1.06. The SMILES string of the molecule is CCOc1cc(/C=N\NC(=O)CNc2ccccc2)ccc1OCc1ccccc1. The summed E-state index contributed by atoms with van der Waals surface area (Å²) >= 11 is 0. The molecule has 6 heteroatoms. The zero-order valence-electron chi connectivity index (χ0n) is 16.9. The van der Waals surface area contributed by atoms with Crippen molar-refractivity contribution < 1.29 is 14.3 Å². The second-order valence-electron chi connectivity index (χ2n) is 6.43. The molecule has 1 amide bonds. The fourth-order valence-electron chi connectivity index (χ4n) is 2.68. The number of nitrogens with zero attached hydrogens (tertiary/aromatic N) is 1. The Bertz CT molecular complexity index is 960. The lowest BCUT2D eigenvalue weighted by atomic mass is 10.2. The van der Waals surface area contributed by atoms with Gasteiger partial charge in [0.15, 0.2) is 11.5 Å². The fraction of sp³-hybridized carbons (Fsp3) is 0.167. The Hall–Kier alpha value is -3.80. The highest BCUT2D eigenvalue weighted by atomic mass is 16.5. The number of anilines is 1. The highest BCUT2D eigenvalue weighted by molar-refractivity contribution is 5.84. The first-order valence-electron chi connectivity index (χ1n) is 9.79. The van der Waals surface area contributed by atoms with E-state index in [0.29, 0.717) is 24.7 Å². The van der Waals surface area contributed by atoms with Gasteiger partial charge in [-0.05, 0) is 48.4 Å². The van der Waals surface area contributed by atoms with Crippen molar-refractivity contribution in [3.63, 3.8) is 0 Å². The van der Waals surface area contributed by atoms with E-state index in [0.717, 1.165) is 16.8 Å². The Balaban J connectivity index is 1.54. The number of carbonyl (C=O) groups is 1. The van der Waals surface area contributed by atoms with E-state index in [1.54, 1.807) is 6.21 Å². The molecule has 0 aliphatic rings. The molecule has 0 fully saturated rings. The second kappa shape index (κ2) is 11.3. The maximum absolute atomic E-state index is 11.9. The van der Waals surface area contributed by atoms with E-state index < -0.39 is 0 Å². The van der Waals surface area contributed by atoms with Crippen LogP contribution in [0.5, 0.6) is 11.5 Å². The van der Waals surface area contributed by atoms with Gasteiger partial charge in [-0.1, -0.05) is 48.5 Å². The minimum Gasteiger partial charge on any atom is -0.490 e. The predicted molar refractivity (Wildman–Crippen MR) is 119 cm³/mol. The lowest BCUT2D eigenvalue weighted by molar-refractivity contribution is -0.119. The molecule has 0 unspecified atom stereocenters. The van der Waals surface area contributed by atoms with Crippen LogP contribution >= 0.6 is 0 Å². The van der Waals surface area contributed by atoms with Gasteiger partial charge in [0.05, 0.1) is 19.4 Å². The van der Waals surface area contributed by atoms with Gasteiger partial charge in [0, 0.05) is 5.69 Å². The predicted octanol–water partition coefficient (Wildman–Crippen LogP) is 4.23. The van der Waals surface area contributed by atoms with Crippen molar-refractivity contribution in [1.29, 1.82) is 0 Å². The molecule has 0 saturated carbocycles. The van der Waals surface area contributed by atoms with E-state index >= 15 is 0 Å². The van der Waals surface area contributed by atoms with E-state index in [1.165, 1.54) is 0 Å². The number of carbonyl (C=O) groups excluding carboxylic acids is 1. The highest BCUT2D eigenvalue weighted by Crippen LogP contribution is 2.28. The monoisotopic (exact) mass is 403 g/mol. The third-order valence-corrected chi connectivity index (χ3v) is 4.13. The molecule has 0 aromatic heterocycles. The van der Waals surface area contributed by atoms with Crippen molar-refractivity contribution >= 4 is 17.8 Å². The van der Waals surface area contributed by atoms with Crippen molar-refractivity contribution in [2.75, 3.05) is 18.5 Å². The Morgan fingerprint density at radius 2 is 1.67 bits per heavy atom. The average Bonchev–Trinajstić information content (AvgIpc) is 2.79. The molecule has 3 aromatic rings. The molecule has 3 aromatic carbocycles. The molecule has 2 N–H and O–H groups in total. The normalized spacial score (nSPS) is 10.6. The summed E-state index contributed by atoms with van der Waals surface area (Å²) in [6.45, 7) is 3.03. The van der Waals surface area contributed by atoms with Crippen LogP contribution in [-0.2, 0) is 11.4 Å². The van der Waals surface area contributed by atoms with Crippen molar-refractivity contribution in [2.45, 2.75) is 13.5 Å². The summed E-state index contributed by atoms with van der Waals surface area (Å²) < 4.78 is 11.6. The third-order valence-electron chi connectivity index (χ3n) is 4.13. The van der Waals surface area contributed by atoms with Crippen LogP contribution < -0.4 is 20.2 Å². The van der Waals surface area contributed by atoms with Crippen LogP contribution in [0, 0.1) is 0 Å². The lowest BCUT2D eigenvalue weighted by Crippen LogP contribution is -2.25. The van der Waals surface area contributed by atoms with Crippen LogP contribution in [0.4, 0.5) is 5.69 Å². The van der Waals surface area contributed by atoms with Crippen molar-refractivity contribution in [3.8, 4) is 11.5 Å². The quantitative estimate of drug-likeness (QED) is 0.393. The summed E-state index contributed by atoms with van der Waals surface area (Å²) in [6, 6.07) is 25.0. The van der Waals surface area contributed by atoms with E-state index in [2.05, 4.69) is 15.8 Å². The first-order chi connectivity index (χ1) is 14.7. The van der Waals surface area contributed by atoms with Gasteiger partial charge in [-0.2, -0.15) is 5.10 Å². The van der Waals surface area contributed by atoms with Crippen LogP contribution in [0.15, 0.2) is 84.0 Å². The molecule has 0 radical (unpaired) electrons. The zero-order valence-corrected chi connectivity index (χ0v) is 16.9. The van der Waals surface area contributed by atoms with Gasteiger partial charge >= 0.3 is 0 Å². The number of nitrogens with one attached hydrogen (secondary N) is 2. The van der Waals surface area contributed by atoms with Gasteiger partial charge in [0.1, 0.15) is 6.61 Å². The smallest absolute Gasteiger partial charge is 0.259 e. The molecule has 154 valence electrons. The standard InChI is InChI=1S/C24H25N3O3/c1-2-29-23-15-20(13-14-22(23)30-18-19-9-5-3-6-10-19)16-26-27-24(28)17-25-21-11-7-4-8-12-21/h3-16,25H,2,17-18H2,1H3,(H,27,28)/b26-16-. The van der Waals surface area contributed by atoms with Gasteiger partial charge in [-0.3, -0.25) is 4.79 Å². The number of amides is 1. The number of rotatable bonds is 10. The molecular formula is C24H25N3O3. The summed E-state index contributed by atoms with van der Waals surface area (Å²) in [6.07, 6.45) is 1.57. The van der Waals surface area contributed by atoms with Gasteiger partial charge in [-0.25, -0.2) is 5.43 Å². The number of hydrogen-bond donors (Lipinski definition) is 2. The van der Waals surface area contributed by atoms with Crippen LogP contribution in [0.25, 0.3) is 0 Å². The van der Waals surface area contributed by atoms with Crippen LogP contribution in [0.1, 0.15) is 18.1 Å². The summed E-state index contributed by atoms with van der Waals surface area (Å²) in [5, 5.41) is 7.05. The van der Waals surface area contributed by atoms with Crippen molar-refractivity contribution in [2.24, 2.45) is 5.10 Å². The van der Waals surface area contributed by atoms with Crippen molar-refractivity contribution in [1.82, 2.24) is 5.43 Å². The molecule has 30 heavy (non-hydrogen) atoms. The zero-order chi connectivity index (χ0) is 21.0. The largest absolute Gasteiger partial charge is 0.490 e. The maximum atomic E-state index is 11.9. The average molecular weight is 403 g/mol. The fourth-order valence-corrected chi connectivity index (χ4v) is 2.68. The summed E-state index contributed by atoms with van der Waals surface area (Å²) in [7, 11) is 0. The number of para-hydroxylation sites is 1. The van der Waals surface area contributed by atoms with Crippen LogP contribution in [0.2, 0.25) is 0 Å². The lowest BCUT2D eigenvalue weighted by Gasteiger charge is -2.12. The van der Waals surface area contributed by atoms with Gasteiger partial charge in [0.2, 0.25) is 0 Å². The van der Waals surface area contributed by atoms with Gasteiger partial charge in [-0.15, -0.1) is 0 Å². The molecule has 3 rings (SSSR count). The minimum atomic E-state index is -0.233.